The molecule has 0 aromatic heterocycles. The Morgan fingerprint density at radius 3 is 2.64 bits per heavy atom. The van der Waals surface area contributed by atoms with Gasteiger partial charge in [-0.25, -0.2) is 0 Å². The van der Waals surface area contributed by atoms with Gasteiger partial charge in [0, 0.05) is 6.54 Å². The van der Waals surface area contributed by atoms with Gasteiger partial charge in [0.15, 0.2) is 6.10 Å². The molecule has 1 aliphatic rings. The highest BCUT2D eigenvalue weighted by atomic mass is 19.3. The first-order valence-corrected chi connectivity index (χ1v) is 8.81. The maximum atomic E-state index is 12.4. The number of amides is 2. The van der Waals surface area contributed by atoms with Crippen LogP contribution in [0.25, 0.3) is 0 Å². The fourth-order valence-electron chi connectivity index (χ4n) is 2.91. The molecule has 6 nitrogen and oxygen atoms in total. The number of anilines is 1. The minimum absolute atomic E-state index is 0.0846. The zero-order chi connectivity index (χ0) is 20.1. The van der Waals surface area contributed by atoms with Crippen LogP contribution in [0.2, 0.25) is 0 Å². The number of para-hydroxylation sites is 2. The van der Waals surface area contributed by atoms with E-state index in [1.807, 2.05) is 0 Å². The van der Waals surface area contributed by atoms with Crippen molar-refractivity contribution in [1.82, 2.24) is 5.32 Å². The lowest BCUT2D eigenvalue weighted by Gasteiger charge is -2.32. The summed E-state index contributed by atoms with van der Waals surface area (Å²) in [5.74, 6) is 0.0771. The van der Waals surface area contributed by atoms with Gasteiger partial charge in [-0.2, -0.15) is 8.78 Å². The number of carbonyl (C=O) groups is 2. The largest absolute Gasteiger partial charge is 0.479 e. The number of hydrogen-bond acceptors (Lipinski definition) is 4. The number of ether oxygens (including phenoxy) is 2. The van der Waals surface area contributed by atoms with E-state index in [0.29, 0.717) is 24.4 Å². The molecule has 2 amide bonds. The molecule has 3 rings (SSSR count). The summed E-state index contributed by atoms with van der Waals surface area (Å²) in [7, 11) is 0. The first-order valence-electron chi connectivity index (χ1n) is 8.81. The van der Waals surface area contributed by atoms with Crippen LogP contribution in [-0.2, 0) is 16.0 Å². The molecule has 0 radical (unpaired) electrons. The Hall–Kier alpha value is -3.16. The average Bonchev–Trinajstić information content (AvgIpc) is 2.66. The molecular formula is C20H20F2N2O4. The molecule has 0 fully saturated rings. The zero-order valence-corrected chi connectivity index (χ0v) is 15.2. The number of halogens is 2. The second kappa shape index (κ2) is 8.69. The molecule has 2 aromatic carbocycles. The van der Waals surface area contributed by atoms with E-state index < -0.39 is 12.7 Å². The normalized spacial score (nSPS) is 15.8. The fraction of sp³-hybridized carbons (Fsp3) is 0.300. The molecule has 0 bridgehead atoms. The number of rotatable bonds is 7. The van der Waals surface area contributed by atoms with Gasteiger partial charge in [0.05, 0.1) is 5.69 Å². The fourth-order valence-corrected chi connectivity index (χ4v) is 2.91. The predicted molar refractivity (Wildman–Crippen MR) is 98.7 cm³/mol. The lowest BCUT2D eigenvalue weighted by Crippen LogP contribution is -2.49. The standard InChI is InChI=1S/C20H20F2N2O4/c1-13-19(26)24(16-4-2-3-5-17(16)27-13)12-18(25)23-11-10-14-6-8-15(9-7-14)28-20(21)22/h2-9,13,20H,10-12H2,1H3,(H,23,25). The Labute approximate surface area is 161 Å². The predicted octanol–water partition coefficient (Wildman–Crippen LogP) is 2.76. The van der Waals surface area contributed by atoms with E-state index >= 15 is 0 Å². The van der Waals surface area contributed by atoms with Gasteiger partial charge in [-0.3, -0.25) is 14.5 Å². The van der Waals surface area contributed by atoms with E-state index in [4.69, 9.17) is 4.74 Å². The zero-order valence-electron chi connectivity index (χ0n) is 15.2. The van der Waals surface area contributed by atoms with Crippen LogP contribution < -0.4 is 19.7 Å². The van der Waals surface area contributed by atoms with Crippen LogP contribution in [0.15, 0.2) is 48.5 Å². The van der Waals surface area contributed by atoms with Crippen molar-refractivity contribution in [2.75, 3.05) is 18.0 Å². The lowest BCUT2D eigenvalue weighted by molar-refractivity contribution is -0.128. The van der Waals surface area contributed by atoms with Gasteiger partial charge in [-0.05, 0) is 43.2 Å². The molecule has 1 unspecified atom stereocenters. The van der Waals surface area contributed by atoms with Crippen molar-refractivity contribution in [3.63, 3.8) is 0 Å². The summed E-state index contributed by atoms with van der Waals surface area (Å²) in [6, 6.07) is 13.3. The highest BCUT2D eigenvalue weighted by Crippen LogP contribution is 2.33. The first kappa shape index (κ1) is 19.6. The van der Waals surface area contributed by atoms with Gasteiger partial charge in [-0.15, -0.1) is 0 Å². The monoisotopic (exact) mass is 390 g/mol. The van der Waals surface area contributed by atoms with Crippen LogP contribution >= 0.6 is 0 Å². The minimum atomic E-state index is -2.86. The quantitative estimate of drug-likeness (QED) is 0.790. The van der Waals surface area contributed by atoms with E-state index in [0.717, 1.165) is 5.56 Å². The second-order valence-corrected chi connectivity index (χ2v) is 6.27. The number of nitrogens with zero attached hydrogens (tertiary/aromatic N) is 1. The van der Waals surface area contributed by atoms with Gasteiger partial charge in [0.25, 0.3) is 5.91 Å². The maximum Gasteiger partial charge on any atom is 0.387 e. The van der Waals surface area contributed by atoms with Crippen molar-refractivity contribution in [2.45, 2.75) is 26.1 Å². The molecule has 1 aliphatic heterocycles. The van der Waals surface area contributed by atoms with E-state index in [-0.39, 0.29) is 24.1 Å². The van der Waals surface area contributed by atoms with Crippen LogP contribution in [0.5, 0.6) is 11.5 Å². The Morgan fingerprint density at radius 2 is 1.93 bits per heavy atom. The number of hydrogen-bond donors (Lipinski definition) is 1. The molecule has 0 saturated carbocycles. The van der Waals surface area contributed by atoms with Gasteiger partial charge < -0.3 is 14.8 Å². The molecule has 0 spiro atoms. The van der Waals surface area contributed by atoms with Crippen molar-refractivity contribution in [1.29, 1.82) is 0 Å². The first-order chi connectivity index (χ1) is 13.4. The third-order valence-corrected chi connectivity index (χ3v) is 4.26. The van der Waals surface area contributed by atoms with E-state index in [1.165, 1.54) is 17.0 Å². The van der Waals surface area contributed by atoms with Crippen molar-refractivity contribution in [3.05, 3.63) is 54.1 Å². The van der Waals surface area contributed by atoms with E-state index in [2.05, 4.69) is 10.1 Å². The second-order valence-electron chi connectivity index (χ2n) is 6.27. The number of carbonyl (C=O) groups excluding carboxylic acids is 2. The Kier molecular flexibility index (Phi) is 6.08. The summed E-state index contributed by atoms with van der Waals surface area (Å²) in [5, 5.41) is 2.77. The van der Waals surface area contributed by atoms with Crippen LogP contribution in [0.3, 0.4) is 0 Å². The van der Waals surface area contributed by atoms with Crippen molar-refractivity contribution >= 4 is 17.5 Å². The molecule has 0 aliphatic carbocycles. The highest BCUT2D eigenvalue weighted by molar-refractivity contribution is 6.03. The van der Waals surface area contributed by atoms with Crippen LogP contribution in [-0.4, -0.2) is 37.6 Å². The lowest BCUT2D eigenvalue weighted by atomic mass is 10.1. The summed E-state index contributed by atoms with van der Waals surface area (Å²) in [6.45, 7) is -0.972. The summed E-state index contributed by atoms with van der Waals surface area (Å²) in [5.41, 5.74) is 1.43. The smallest absolute Gasteiger partial charge is 0.387 e. The number of fused-ring (bicyclic) bond motifs is 1. The molecule has 2 aromatic rings. The molecule has 1 atom stereocenters. The molecule has 148 valence electrons. The van der Waals surface area contributed by atoms with Gasteiger partial charge >= 0.3 is 6.61 Å². The Balaban J connectivity index is 1.52. The number of nitrogens with one attached hydrogen (secondary N) is 1. The Bertz CT molecular complexity index is 842. The summed E-state index contributed by atoms with van der Waals surface area (Å²) < 4.78 is 34.1. The highest BCUT2D eigenvalue weighted by Gasteiger charge is 2.32. The average molecular weight is 390 g/mol. The van der Waals surface area contributed by atoms with Crippen LogP contribution in [0, 0.1) is 0 Å². The molecule has 1 N–H and O–H groups in total. The van der Waals surface area contributed by atoms with E-state index in [1.54, 1.807) is 43.3 Å². The van der Waals surface area contributed by atoms with Crippen LogP contribution in [0.1, 0.15) is 12.5 Å². The summed E-state index contributed by atoms with van der Waals surface area (Å²) in [6.07, 6.45) is -0.137. The molecule has 1 heterocycles. The summed E-state index contributed by atoms with van der Waals surface area (Å²) >= 11 is 0. The third-order valence-electron chi connectivity index (χ3n) is 4.26. The maximum absolute atomic E-state index is 12.4. The van der Waals surface area contributed by atoms with Crippen LogP contribution in [0.4, 0.5) is 14.5 Å². The molecule has 28 heavy (non-hydrogen) atoms. The topological polar surface area (TPSA) is 67.9 Å². The van der Waals surface area contributed by atoms with Crippen molar-refractivity contribution in [2.24, 2.45) is 0 Å². The third kappa shape index (κ3) is 4.76. The van der Waals surface area contributed by atoms with Gasteiger partial charge in [-0.1, -0.05) is 24.3 Å². The van der Waals surface area contributed by atoms with Crippen molar-refractivity contribution < 1.29 is 27.8 Å². The minimum Gasteiger partial charge on any atom is -0.479 e. The summed E-state index contributed by atoms with van der Waals surface area (Å²) in [4.78, 5) is 26.1. The number of benzene rings is 2. The molecule has 8 heteroatoms. The Morgan fingerprint density at radius 1 is 1.21 bits per heavy atom. The van der Waals surface area contributed by atoms with E-state index in [9.17, 15) is 18.4 Å². The number of alkyl halides is 2. The van der Waals surface area contributed by atoms with Crippen molar-refractivity contribution in [3.8, 4) is 11.5 Å². The van der Waals surface area contributed by atoms with Gasteiger partial charge in [0.2, 0.25) is 5.91 Å². The molecular weight excluding hydrogens is 370 g/mol. The SMILES string of the molecule is CC1Oc2ccccc2N(CC(=O)NCCc2ccc(OC(F)F)cc2)C1=O. The molecule has 0 saturated heterocycles. The van der Waals surface area contributed by atoms with Gasteiger partial charge in [0.1, 0.15) is 18.0 Å².